The van der Waals surface area contributed by atoms with Crippen LogP contribution in [0.4, 0.5) is 0 Å². The molecular formula is C15H19NO2. The van der Waals surface area contributed by atoms with Crippen molar-refractivity contribution in [2.45, 2.75) is 33.7 Å². The fourth-order valence-electron chi connectivity index (χ4n) is 2.32. The van der Waals surface area contributed by atoms with E-state index in [9.17, 15) is 9.90 Å². The Kier molecular flexibility index (Phi) is 3.16. The molecule has 2 aromatic rings. The Hall–Kier alpha value is -1.77. The standard InChI is InChI=1S/C15H19NO2/c1-4-16-12(10-15(2,3)14(17)18)9-11-7-5-6-8-13(11)16/h5-9H,4,10H2,1-3H3,(H,17,18). The molecule has 1 heterocycles. The minimum Gasteiger partial charge on any atom is -0.481 e. The highest BCUT2D eigenvalue weighted by molar-refractivity contribution is 5.82. The van der Waals surface area contributed by atoms with E-state index in [4.69, 9.17) is 0 Å². The van der Waals surface area contributed by atoms with Crippen LogP contribution in [-0.4, -0.2) is 15.6 Å². The maximum absolute atomic E-state index is 11.2. The minimum atomic E-state index is -0.754. The Labute approximate surface area is 107 Å². The summed E-state index contributed by atoms with van der Waals surface area (Å²) in [5, 5.41) is 10.4. The van der Waals surface area contributed by atoms with E-state index in [0.717, 1.165) is 12.2 Å². The van der Waals surface area contributed by atoms with Crippen LogP contribution in [0.25, 0.3) is 10.9 Å². The Morgan fingerprint density at radius 2 is 2.00 bits per heavy atom. The first-order valence-corrected chi connectivity index (χ1v) is 6.26. The quantitative estimate of drug-likeness (QED) is 0.897. The first kappa shape index (κ1) is 12.7. The molecule has 0 unspecified atom stereocenters. The normalized spacial score (nSPS) is 11.9. The second-order valence-electron chi connectivity index (χ2n) is 5.30. The zero-order valence-corrected chi connectivity index (χ0v) is 11.1. The number of aromatic nitrogens is 1. The lowest BCUT2D eigenvalue weighted by molar-refractivity contribution is -0.146. The van der Waals surface area contributed by atoms with Gasteiger partial charge < -0.3 is 9.67 Å². The Morgan fingerprint density at radius 1 is 1.33 bits per heavy atom. The third-order valence-electron chi connectivity index (χ3n) is 3.41. The van der Waals surface area contributed by atoms with Crippen molar-refractivity contribution in [3.05, 3.63) is 36.0 Å². The molecule has 2 rings (SSSR count). The summed E-state index contributed by atoms with van der Waals surface area (Å²) in [5.41, 5.74) is 1.53. The molecule has 96 valence electrons. The van der Waals surface area contributed by atoms with Gasteiger partial charge in [-0.25, -0.2) is 0 Å². The van der Waals surface area contributed by atoms with Crippen LogP contribution in [0.15, 0.2) is 30.3 Å². The zero-order valence-electron chi connectivity index (χ0n) is 11.1. The molecule has 3 heteroatoms. The van der Waals surface area contributed by atoms with Gasteiger partial charge in [-0.1, -0.05) is 18.2 Å². The van der Waals surface area contributed by atoms with E-state index in [1.54, 1.807) is 13.8 Å². The highest BCUT2D eigenvalue weighted by atomic mass is 16.4. The van der Waals surface area contributed by atoms with Gasteiger partial charge in [0.25, 0.3) is 0 Å². The summed E-state index contributed by atoms with van der Waals surface area (Å²) in [6, 6.07) is 10.3. The number of carboxylic acid groups (broad SMARTS) is 1. The van der Waals surface area contributed by atoms with Crippen LogP contribution in [0, 0.1) is 5.41 Å². The van der Waals surface area contributed by atoms with Gasteiger partial charge in [0.2, 0.25) is 0 Å². The van der Waals surface area contributed by atoms with E-state index in [1.165, 1.54) is 10.9 Å². The number of rotatable bonds is 4. The molecule has 0 saturated carbocycles. The van der Waals surface area contributed by atoms with Crippen molar-refractivity contribution in [1.29, 1.82) is 0 Å². The molecule has 0 bridgehead atoms. The van der Waals surface area contributed by atoms with Gasteiger partial charge in [0, 0.05) is 24.2 Å². The molecule has 0 aliphatic rings. The van der Waals surface area contributed by atoms with Gasteiger partial charge in [-0.15, -0.1) is 0 Å². The molecule has 0 spiro atoms. The lowest BCUT2D eigenvalue weighted by Gasteiger charge is -2.20. The monoisotopic (exact) mass is 245 g/mol. The number of hydrogen-bond donors (Lipinski definition) is 1. The average Bonchev–Trinajstić information content (AvgIpc) is 2.64. The lowest BCUT2D eigenvalue weighted by Crippen LogP contribution is -2.27. The number of aryl methyl sites for hydroxylation is 1. The van der Waals surface area contributed by atoms with Gasteiger partial charge in [0.05, 0.1) is 5.41 Å². The second-order valence-corrected chi connectivity index (χ2v) is 5.30. The molecule has 0 aliphatic carbocycles. The summed E-state index contributed by atoms with van der Waals surface area (Å²) in [6.45, 7) is 6.49. The largest absolute Gasteiger partial charge is 0.481 e. The van der Waals surface area contributed by atoms with E-state index >= 15 is 0 Å². The molecule has 0 atom stereocenters. The van der Waals surface area contributed by atoms with Gasteiger partial charge in [-0.3, -0.25) is 4.79 Å². The number of para-hydroxylation sites is 1. The van der Waals surface area contributed by atoms with Crippen LogP contribution in [0.3, 0.4) is 0 Å². The van der Waals surface area contributed by atoms with E-state index in [2.05, 4.69) is 29.7 Å². The molecule has 0 saturated heterocycles. The molecular weight excluding hydrogens is 226 g/mol. The third-order valence-corrected chi connectivity index (χ3v) is 3.41. The molecule has 1 aromatic carbocycles. The smallest absolute Gasteiger partial charge is 0.309 e. The number of fused-ring (bicyclic) bond motifs is 1. The van der Waals surface area contributed by atoms with Crippen LogP contribution < -0.4 is 0 Å². The topological polar surface area (TPSA) is 42.2 Å². The molecule has 0 amide bonds. The zero-order chi connectivity index (χ0) is 13.3. The van der Waals surface area contributed by atoms with Crippen molar-refractivity contribution in [2.75, 3.05) is 0 Å². The van der Waals surface area contributed by atoms with Crippen molar-refractivity contribution in [3.8, 4) is 0 Å². The number of hydrogen-bond acceptors (Lipinski definition) is 1. The average molecular weight is 245 g/mol. The SMILES string of the molecule is CCn1c(CC(C)(C)C(=O)O)cc2ccccc21. The summed E-state index contributed by atoms with van der Waals surface area (Å²) < 4.78 is 2.19. The minimum absolute atomic E-state index is 0.546. The molecule has 3 nitrogen and oxygen atoms in total. The van der Waals surface area contributed by atoms with Gasteiger partial charge in [-0.05, 0) is 38.3 Å². The number of carbonyl (C=O) groups is 1. The van der Waals surface area contributed by atoms with Crippen LogP contribution in [-0.2, 0) is 17.8 Å². The summed E-state index contributed by atoms with van der Waals surface area (Å²) in [7, 11) is 0. The van der Waals surface area contributed by atoms with Gasteiger partial charge >= 0.3 is 5.97 Å². The first-order valence-electron chi connectivity index (χ1n) is 6.26. The van der Waals surface area contributed by atoms with Gasteiger partial charge in [-0.2, -0.15) is 0 Å². The van der Waals surface area contributed by atoms with Crippen LogP contribution in [0.5, 0.6) is 0 Å². The fourth-order valence-corrected chi connectivity index (χ4v) is 2.32. The number of benzene rings is 1. The van der Waals surface area contributed by atoms with Crippen molar-refractivity contribution in [3.63, 3.8) is 0 Å². The predicted molar refractivity (Wildman–Crippen MR) is 72.7 cm³/mol. The van der Waals surface area contributed by atoms with Crippen molar-refractivity contribution in [2.24, 2.45) is 5.41 Å². The van der Waals surface area contributed by atoms with Crippen molar-refractivity contribution in [1.82, 2.24) is 4.57 Å². The number of aliphatic carboxylic acids is 1. The van der Waals surface area contributed by atoms with Gasteiger partial charge in [0.1, 0.15) is 0 Å². The summed E-state index contributed by atoms with van der Waals surface area (Å²) >= 11 is 0. The third kappa shape index (κ3) is 2.13. The molecule has 1 N–H and O–H groups in total. The van der Waals surface area contributed by atoms with Crippen molar-refractivity contribution >= 4 is 16.9 Å². The van der Waals surface area contributed by atoms with Crippen LogP contribution in [0.1, 0.15) is 26.5 Å². The summed E-state index contributed by atoms with van der Waals surface area (Å²) in [5.74, 6) is -0.754. The number of nitrogens with zero attached hydrogens (tertiary/aromatic N) is 1. The molecule has 0 radical (unpaired) electrons. The summed E-state index contributed by atoms with van der Waals surface area (Å²) in [6.07, 6.45) is 0.546. The Morgan fingerprint density at radius 3 is 2.61 bits per heavy atom. The fraction of sp³-hybridized carbons (Fsp3) is 0.400. The lowest BCUT2D eigenvalue weighted by atomic mass is 9.88. The van der Waals surface area contributed by atoms with E-state index in [0.29, 0.717) is 6.42 Å². The second kappa shape index (κ2) is 4.48. The predicted octanol–water partition coefficient (Wildman–Crippen LogP) is 3.31. The van der Waals surface area contributed by atoms with E-state index < -0.39 is 11.4 Å². The van der Waals surface area contributed by atoms with E-state index in [1.807, 2.05) is 12.1 Å². The summed E-state index contributed by atoms with van der Waals surface area (Å²) in [4.78, 5) is 11.2. The Bertz CT molecular complexity index is 581. The maximum atomic E-state index is 11.2. The highest BCUT2D eigenvalue weighted by Crippen LogP contribution is 2.27. The highest BCUT2D eigenvalue weighted by Gasteiger charge is 2.28. The Balaban J connectivity index is 2.48. The molecule has 18 heavy (non-hydrogen) atoms. The maximum Gasteiger partial charge on any atom is 0.309 e. The number of carboxylic acids is 1. The first-order chi connectivity index (χ1) is 8.45. The van der Waals surface area contributed by atoms with E-state index in [-0.39, 0.29) is 0 Å². The molecule has 0 fully saturated rings. The van der Waals surface area contributed by atoms with Gasteiger partial charge in [0.15, 0.2) is 0 Å². The van der Waals surface area contributed by atoms with Crippen LogP contribution in [0.2, 0.25) is 0 Å². The molecule has 1 aromatic heterocycles. The van der Waals surface area contributed by atoms with Crippen LogP contribution >= 0.6 is 0 Å². The molecule has 0 aliphatic heterocycles. The van der Waals surface area contributed by atoms with Crippen molar-refractivity contribution < 1.29 is 9.90 Å².